The molecule has 4 aromatic rings. The number of hydrogen-bond donors (Lipinski definition) is 0. The minimum atomic E-state index is -0.117. The molecule has 4 aromatic carbocycles. The molecule has 0 N–H and O–H groups in total. The zero-order chi connectivity index (χ0) is 23.5. The summed E-state index contributed by atoms with van der Waals surface area (Å²) in [6, 6.07) is 26.4. The predicted molar refractivity (Wildman–Crippen MR) is 131 cm³/mol. The van der Waals surface area contributed by atoms with Crippen LogP contribution in [0.2, 0.25) is 10.0 Å². The number of fused-ring (bicyclic) bond motifs is 2. The molecule has 0 heterocycles. The lowest BCUT2D eigenvalue weighted by atomic mass is 9.83. The molecular weight excluding hydrogens is 455 g/mol. The molecule has 0 aliphatic heterocycles. The van der Waals surface area contributed by atoms with Gasteiger partial charge >= 0.3 is 0 Å². The topological polar surface area (TPSA) is 51.2 Å². The van der Waals surface area contributed by atoms with Crippen LogP contribution in [0.3, 0.4) is 0 Å². The van der Waals surface area contributed by atoms with Crippen molar-refractivity contribution in [2.45, 2.75) is 6.92 Å². The molecule has 0 spiro atoms. The Morgan fingerprint density at radius 1 is 0.636 bits per heavy atom. The Bertz CT molecular complexity index is 1390. The van der Waals surface area contributed by atoms with E-state index in [9.17, 15) is 14.4 Å². The molecular formula is C28H18Cl2O3. The maximum absolute atomic E-state index is 12.3. The van der Waals surface area contributed by atoms with Crippen molar-refractivity contribution in [3.05, 3.63) is 140 Å². The second-order valence-corrected chi connectivity index (χ2v) is 8.33. The van der Waals surface area contributed by atoms with E-state index in [1.165, 1.54) is 0 Å². The van der Waals surface area contributed by atoms with Gasteiger partial charge in [0.15, 0.2) is 17.3 Å². The van der Waals surface area contributed by atoms with Crippen molar-refractivity contribution in [1.29, 1.82) is 0 Å². The van der Waals surface area contributed by atoms with E-state index in [1.807, 2.05) is 31.2 Å². The first-order valence-electron chi connectivity index (χ1n) is 10.2. The predicted octanol–water partition coefficient (Wildman–Crippen LogP) is 6.99. The summed E-state index contributed by atoms with van der Waals surface area (Å²) in [5.74, 6) is -0.234. The third-order valence-electron chi connectivity index (χ3n) is 5.31. The summed E-state index contributed by atoms with van der Waals surface area (Å²) in [7, 11) is 0. The maximum Gasteiger partial charge on any atom is 0.194 e. The van der Waals surface area contributed by atoms with Crippen LogP contribution in [0.1, 0.15) is 53.3 Å². The summed E-state index contributed by atoms with van der Waals surface area (Å²) in [6.07, 6.45) is 0. The number of hydrogen-bond acceptors (Lipinski definition) is 3. The van der Waals surface area contributed by atoms with Gasteiger partial charge in [-0.05, 0) is 25.1 Å². The third kappa shape index (κ3) is 4.51. The molecule has 0 atom stereocenters. The Kier molecular flexibility index (Phi) is 6.55. The zero-order valence-corrected chi connectivity index (χ0v) is 19.2. The molecule has 162 valence electrons. The van der Waals surface area contributed by atoms with E-state index in [-0.39, 0.29) is 17.3 Å². The van der Waals surface area contributed by atoms with Crippen molar-refractivity contribution in [3.8, 4) is 0 Å². The molecule has 5 rings (SSSR count). The van der Waals surface area contributed by atoms with Gasteiger partial charge in [0.1, 0.15) is 0 Å². The van der Waals surface area contributed by atoms with E-state index in [0.717, 1.165) is 5.56 Å². The standard InChI is InChI=1S/C15H10O2.C13H8Cl2O/c1-9-6-7-12-13(8-9)15(17)11-5-3-2-4-10(11)14(12)16;14-11-8-4-7-10(12(11)15)13(16)9-5-2-1-3-6-9/h2-8H,1H3;1-8H. The summed E-state index contributed by atoms with van der Waals surface area (Å²) in [4.78, 5) is 36.5. The molecule has 0 saturated heterocycles. The van der Waals surface area contributed by atoms with Gasteiger partial charge in [-0.2, -0.15) is 0 Å². The third-order valence-corrected chi connectivity index (χ3v) is 6.13. The molecule has 5 heteroatoms. The SMILES string of the molecule is Cc1ccc2c(c1)C(=O)c1ccccc1C2=O.O=C(c1ccccc1)c1cccc(Cl)c1Cl. The summed E-state index contributed by atoms with van der Waals surface area (Å²) in [6.45, 7) is 1.92. The van der Waals surface area contributed by atoms with Gasteiger partial charge in [0.05, 0.1) is 10.0 Å². The monoisotopic (exact) mass is 472 g/mol. The van der Waals surface area contributed by atoms with E-state index in [1.54, 1.807) is 66.7 Å². The average Bonchev–Trinajstić information content (AvgIpc) is 2.85. The number of halogens is 2. The van der Waals surface area contributed by atoms with Crippen molar-refractivity contribution < 1.29 is 14.4 Å². The van der Waals surface area contributed by atoms with E-state index < -0.39 is 0 Å². The van der Waals surface area contributed by atoms with Gasteiger partial charge in [0.2, 0.25) is 0 Å². The van der Waals surface area contributed by atoms with Gasteiger partial charge in [-0.25, -0.2) is 0 Å². The van der Waals surface area contributed by atoms with E-state index in [0.29, 0.717) is 43.4 Å². The van der Waals surface area contributed by atoms with E-state index in [4.69, 9.17) is 23.2 Å². The van der Waals surface area contributed by atoms with Crippen LogP contribution in [0.5, 0.6) is 0 Å². The molecule has 0 unspecified atom stereocenters. The summed E-state index contributed by atoms with van der Waals surface area (Å²) < 4.78 is 0. The molecule has 3 nitrogen and oxygen atoms in total. The number of ketones is 3. The first-order valence-corrected chi connectivity index (χ1v) is 11.0. The van der Waals surface area contributed by atoms with Gasteiger partial charge in [-0.15, -0.1) is 0 Å². The van der Waals surface area contributed by atoms with Gasteiger partial charge in [0, 0.05) is 33.4 Å². The molecule has 0 fully saturated rings. The average molecular weight is 473 g/mol. The summed E-state index contributed by atoms with van der Waals surface area (Å²) in [5.41, 5.74) is 4.08. The van der Waals surface area contributed by atoms with Crippen LogP contribution in [0.4, 0.5) is 0 Å². The van der Waals surface area contributed by atoms with Crippen molar-refractivity contribution >= 4 is 40.6 Å². The number of carbonyl (C=O) groups is 3. The van der Waals surface area contributed by atoms with Crippen LogP contribution >= 0.6 is 23.2 Å². The molecule has 0 bridgehead atoms. The number of carbonyl (C=O) groups excluding carboxylic acids is 3. The molecule has 33 heavy (non-hydrogen) atoms. The lowest BCUT2D eigenvalue weighted by Gasteiger charge is -2.17. The highest BCUT2D eigenvalue weighted by atomic mass is 35.5. The van der Waals surface area contributed by atoms with Crippen LogP contribution in [0, 0.1) is 6.92 Å². The highest BCUT2D eigenvalue weighted by Gasteiger charge is 2.28. The second kappa shape index (κ2) is 9.53. The highest BCUT2D eigenvalue weighted by molar-refractivity contribution is 6.44. The Morgan fingerprint density at radius 2 is 1.21 bits per heavy atom. The molecule has 0 aromatic heterocycles. The van der Waals surface area contributed by atoms with Gasteiger partial charge in [-0.1, -0.05) is 102 Å². The quantitative estimate of drug-likeness (QED) is 0.260. The number of benzene rings is 4. The van der Waals surface area contributed by atoms with E-state index in [2.05, 4.69) is 0 Å². The van der Waals surface area contributed by atoms with Gasteiger partial charge < -0.3 is 0 Å². The molecule has 1 aliphatic carbocycles. The van der Waals surface area contributed by atoms with Crippen LogP contribution in [-0.4, -0.2) is 17.3 Å². The second-order valence-electron chi connectivity index (χ2n) is 7.55. The fourth-order valence-corrected chi connectivity index (χ4v) is 4.02. The van der Waals surface area contributed by atoms with Gasteiger partial charge in [0.25, 0.3) is 0 Å². The summed E-state index contributed by atoms with van der Waals surface area (Å²) in [5, 5.41) is 0.696. The smallest absolute Gasteiger partial charge is 0.194 e. The number of aryl methyl sites for hydroxylation is 1. The first-order chi connectivity index (χ1) is 15.9. The van der Waals surface area contributed by atoms with Crippen LogP contribution < -0.4 is 0 Å². The molecule has 0 amide bonds. The highest BCUT2D eigenvalue weighted by Crippen LogP contribution is 2.28. The molecule has 0 radical (unpaired) electrons. The van der Waals surface area contributed by atoms with Crippen molar-refractivity contribution in [2.75, 3.05) is 0 Å². The molecule has 0 saturated carbocycles. The maximum atomic E-state index is 12.3. The van der Waals surface area contributed by atoms with Gasteiger partial charge in [-0.3, -0.25) is 14.4 Å². The van der Waals surface area contributed by atoms with E-state index >= 15 is 0 Å². The largest absolute Gasteiger partial charge is 0.289 e. The minimum absolute atomic E-state index is 0.0566. The molecule has 1 aliphatic rings. The lowest BCUT2D eigenvalue weighted by Crippen LogP contribution is -2.20. The Labute approximate surface area is 201 Å². The summed E-state index contributed by atoms with van der Waals surface area (Å²) >= 11 is 11.8. The minimum Gasteiger partial charge on any atom is -0.289 e. The first kappa shape index (κ1) is 22.7. The van der Waals surface area contributed by atoms with Crippen LogP contribution in [0.25, 0.3) is 0 Å². The van der Waals surface area contributed by atoms with Crippen molar-refractivity contribution in [1.82, 2.24) is 0 Å². The fourth-order valence-electron chi connectivity index (χ4n) is 3.64. The lowest BCUT2D eigenvalue weighted by molar-refractivity contribution is 0.0979. The van der Waals surface area contributed by atoms with Crippen molar-refractivity contribution in [3.63, 3.8) is 0 Å². The number of rotatable bonds is 2. The Balaban J connectivity index is 0.000000157. The normalized spacial score (nSPS) is 11.7. The van der Waals surface area contributed by atoms with Crippen LogP contribution in [0.15, 0.2) is 91.0 Å². The Morgan fingerprint density at radius 3 is 1.88 bits per heavy atom. The fraction of sp³-hybridized carbons (Fsp3) is 0.0357. The van der Waals surface area contributed by atoms with Crippen molar-refractivity contribution in [2.24, 2.45) is 0 Å². The Hall–Kier alpha value is -3.53. The van der Waals surface area contributed by atoms with Crippen LogP contribution in [-0.2, 0) is 0 Å². The zero-order valence-electron chi connectivity index (χ0n) is 17.6.